The number of rotatable bonds is 6. The van der Waals surface area contributed by atoms with Crippen LogP contribution < -0.4 is 11.1 Å². The lowest BCUT2D eigenvalue weighted by Crippen LogP contribution is -2.33. The number of carbonyl (C=O) groups is 1. The summed E-state index contributed by atoms with van der Waals surface area (Å²) in [6.45, 7) is 3.18. The van der Waals surface area contributed by atoms with Crippen molar-refractivity contribution in [2.45, 2.75) is 25.9 Å². The molecular formula is C13H18N4O2. The number of H-pyrrole nitrogens is 1. The molecule has 0 saturated heterocycles. The summed E-state index contributed by atoms with van der Waals surface area (Å²) in [6.07, 6.45) is 0.417. The highest BCUT2D eigenvalue weighted by Crippen LogP contribution is 2.13. The van der Waals surface area contributed by atoms with Crippen molar-refractivity contribution in [2.75, 3.05) is 6.54 Å². The van der Waals surface area contributed by atoms with Gasteiger partial charge in [0.05, 0.1) is 11.0 Å². The van der Waals surface area contributed by atoms with Crippen LogP contribution in [0.4, 0.5) is 0 Å². The molecule has 5 N–H and O–H groups in total. The van der Waals surface area contributed by atoms with E-state index in [1.165, 1.54) is 0 Å². The number of hydrogen-bond donors (Lipinski definition) is 4. The summed E-state index contributed by atoms with van der Waals surface area (Å²) in [7, 11) is 0. The highest BCUT2D eigenvalue weighted by Gasteiger charge is 2.09. The van der Waals surface area contributed by atoms with E-state index in [9.17, 15) is 4.79 Å². The van der Waals surface area contributed by atoms with Gasteiger partial charge in [0, 0.05) is 6.54 Å². The van der Waals surface area contributed by atoms with Crippen LogP contribution in [0.15, 0.2) is 18.2 Å². The highest BCUT2D eigenvalue weighted by molar-refractivity contribution is 5.75. The van der Waals surface area contributed by atoms with Gasteiger partial charge in [-0.2, -0.15) is 0 Å². The third-order valence-electron chi connectivity index (χ3n) is 2.94. The molecule has 0 fully saturated rings. The number of aromatic nitrogens is 2. The maximum atomic E-state index is 10.5. The van der Waals surface area contributed by atoms with Crippen LogP contribution in [0, 0.1) is 6.92 Å². The molecule has 6 nitrogen and oxygen atoms in total. The molecule has 1 aromatic heterocycles. The number of nitrogens with one attached hydrogen (secondary N) is 2. The minimum absolute atomic E-state index is 0.417. The molecule has 0 aliphatic rings. The van der Waals surface area contributed by atoms with Gasteiger partial charge < -0.3 is 21.1 Å². The predicted molar refractivity (Wildman–Crippen MR) is 72.8 cm³/mol. The SMILES string of the molecule is Cc1nc2ccc(CNCCC(N)C(=O)O)cc2[nH]1. The maximum absolute atomic E-state index is 10.5. The van der Waals surface area contributed by atoms with E-state index in [4.69, 9.17) is 10.8 Å². The van der Waals surface area contributed by atoms with Crippen molar-refractivity contribution >= 4 is 17.0 Å². The van der Waals surface area contributed by atoms with E-state index in [2.05, 4.69) is 15.3 Å². The number of aromatic amines is 1. The minimum atomic E-state index is -0.962. The third kappa shape index (κ3) is 3.52. The molecule has 6 heteroatoms. The Morgan fingerprint density at radius 3 is 3.11 bits per heavy atom. The van der Waals surface area contributed by atoms with Gasteiger partial charge in [0.15, 0.2) is 0 Å². The van der Waals surface area contributed by atoms with Crippen LogP contribution in [-0.2, 0) is 11.3 Å². The number of nitrogens with two attached hydrogens (primary N) is 1. The predicted octanol–water partition coefficient (Wildman–Crippen LogP) is 0.763. The van der Waals surface area contributed by atoms with E-state index in [0.29, 0.717) is 19.5 Å². The molecule has 0 radical (unpaired) electrons. The Kier molecular flexibility index (Phi) is 4.13. The van der Waals surface area contributed by atoms with Crippen LogP contribution >= 0.6 is 0 Å². The zero-order valence-corrected chi connectivity index (χ0v) is 10.8. The second-order valence-corrected chi connectivity index (χ2v) is 4.58. The first-order valence-corrected chi connectivity index (χ1v) is 6.20. The molecule has 1 heterocycles. The number of fused-ring (bicyclic) bond motifs is 1. The largest absolute Gasteiger partial charge is 0.480 e. The second kappa shape index (κ2) is 5.81. The Morgan fingerprint density at radius 2 is 2.37 bits per heavy atom. The highest BCUT2D eigenvalue weighted by atomic mass is 16.4. The van der Waals surface area contributed by atoms with Gasteiger partial charge >= 0.3 is 5.97 Å². The fourth-order valence-electron chi connectivity index (χ4n) is 1.91. The summed E-state index contributed by atoms with van der Waals surface area (Å²) in [5, 5.41) is 11.8. The smallest absolute Gasteiger partial charge is 0.320 e. The molecule has 1 atom stereocenters. The molecule has 0 bridgehead atoms. The number of imidazole rings is 1. The van der Waals surface area contributed by atoms with Gasteiger partial charge in [-0.25, -0.2) is 4.98 Å². The first-order chi connectivity index (χ1) is 9.06. The molecule has 0 amide bonds. The zero-order valence-electron chi connectivity index (χ0n) is 10.8. The van der Waals surface area contributed by atoms with Crippen molar-refractivity contribution in [1.29, 1.82) is 0 Å². The summed E-state index contributed by atoms with van der Waals surface area (Å²) in [6, 6.07) is 5.22. The van der Waals surface area contributed by atoms with Crippen molar-refractivity contribution in [3.05, 3.63) is 29.6 Å². The second-order valence-electron chi connectivity index (χ2n) is 4.58. The lowest BCUT2D eigenvalue weighted by atomic mass is 10.2. The number of carboxylic acid groups (broad SMARTS) is 1. The first-order valence-electron chi connectivity index (χ1n) is 6.20. The van der Waals surface area contributed by atoms with Crippen molar-refractivity contribution in [3.8, 4) is 0 Å². The number of benzene rings is 1. The Labute approximate surface area is 111 Å². The van der Waals surface area contributed by atoms with Crippen molar-refractivity contribution < 1.29 is 9.90 Å². The maximum Gasteiger partial charge on any atom is 0.320 e. The minimum Gasteiger partial charge on any atom is -0.480 e. The van der Waals surface area contributed by atoms with Gasteiger partial charge in [-0.15, -0.1) is 0 Å². The van der Waals surface area contributed by atoms with Crippen molar-refractivity contribution in [3.63, 3.8) is 0 Å². The van der Waals surface area contributed by atoms with Gasteiger partial charge in [0.25, 0.3) is 0 Å². The first kappa shape index (κ1) is 13.5. The number of hydrogen-bond acceptors (Lipinski definition) is 4. The van der Waals surface area contributed by atoms with E-state index in [-0.39, 0.29) is 0 Å². The number of aliphatic carboxylic acids is 1. The van der Waals surface area contributed by atoms with Crippen LogP contribution in [0.3, 0.4) is 0 Å². The van der Waals surface area contributed by atoms with E-state index >= 15 is 0 Å². The molecule has 0 saturated carbocycles. The molecule has 2 aromatic rings. The molecule has 0 spiro atoms. The van der Waals surface area contributed by atoms with Crippen LogP contribution in [-0.4, -0.2) is 33.6 Å². The van der Waals surface area contributed by atoms with E-state index in [1.54, 1.807) is 0 Å². The monoisotopic (exact) mass is 262 g/mol. The topological polar surface area (TPSA) is 104 Å². The summed E-state index contributed by atoms with van der Waals surface area (Å²) < 4.78 is 0. The van der Waals surface area contributed by atoms with Crippen molar-refractivity contribution in [1.82, 2.24) is 15.3 Å². The molecule has 1 unspecified atom stereocenters. The van der Waals surface area contributed by atoms with E-state index < -0.39 is 12.0 Å². The summed E-state index contributed by atoms with van der Waals surface area (Å²) in [5.41, 5.74) is 8.51. The Morgan fingerprint density at radius 1 is 1.58 bits per heavy atom. The average Bonchev–Trinajstić information content (AvgIpc) is 2.73. The molecular weight excluding hydrogens is 244 g/mol. The number of nitrogens with zero attached hydrogens (tertiary/aromatic N) is 1. The molecule has 102 valence electrons. The Hall–Kier alpha value is -1.92. The third-order valence-corrected chi connectivity index (χ3v) is 2.94. The quantitative estimate of drug-likeness (QED) is 0.575. The van der Waals surface area contributed by atoms with Crippen molar-refractivity contribution in [2.24, 2.45) is 5.73 Å². The lowest BCUT2D eigenvalue weighted by Gasteiger charge is -2.07. The van der Waals surface area contributed by atoms with Crippen LogP contribution in [0.2, 0.25) is 0 Å². The van der Waals surface area contributed by atoms with E-state index in [0.717, 1.165) is 22.4 Å². The van der Waals surface area contributed by atoms with Crippen LogP contribution in [0.5, 0.6) is 0 Å². The number of carboxylic acids is 1. The zero-order chi connectivity index (χ0) is 13.8. The summed E-state index contributed by atoms with van der Waals surface area (Å²) in [5.74, 6) is -0.0660. The van der Waals surface area contributed by atoms with Gasteiger partial charge in [0.1, 0.15) is 11.9 Å². The fraction of sp³-hybridized carbons (Fsp3) is 0.385. The molecule has 1 aromatic carbocycles. The average molecular weight is 262 g/mol. The van der Waals surface area contributed by atoms with Gasteiger partial charge in [-0.05, 0) is 37.6 Å². The van der Waals surface area contributed by atoms with Gasteiger partial charge in [-0.3, -0.25) is 4.79 Å². The molecule has 0 aliphatic carbocycles. The van der Waals surface area contributed by atoms with Crippen LogP contribution in [0.25, 0.3) is 11.0 Å². The molecule has 2 rings (SSSR count). The summed E-state index contributed by atoms with van der Waals surface area (Å²) >= 11 is 0. The standard InChI is InChI=1S/C13H18N4O2/c1-8-16-11-3-2-9(6-12(11)17-8)7-15-5-4-10(14)13(18)19/h2-3,6,10,15H,4-5,7,14H2,1H3,(H,16,17)(H,18,19). The lowest BCUT2D eigenvalue weighted by molar-refractivity contribution is -0.138. The number of aryl methyl sites for hydroxylation is 1. The van der Waals surface area contributed by atoms with E-state index in [1.807, 2.05) is 25.1 Å². The fourth-order valence-corrected chi connectivity index (χ4v) is 1.91. The Balaban J connectivity index is 1.86. The summed E-state index contributed by atoms with van der Waals surface area (Å²) in [4.78, 5) is 18.1. The molecule has 19 heavy (non-hydrogen) atoms. The van der Waals surface area contributed by atoms with Gasteiger partial charge in [-0.1, -0.05) is 6.07 Å². The van der Waals surface area contributed by atoms with Gasteiger partial charge in [0.2, 0.25) is 0 Å². The normalized spacial score (nSPS) is 12.7. The molecule has 0 aliphatic heterocycles. The van der Waals surface area contributed by atoms with Crippen LogP contribution in [0.1, 0.15) is 17.8 Å². The Bertz CT molecular complexity index is 579.